The molecule has 0 amide bonds. The molecule has 0 heterocycles. The fraction of sp³-hybridized carbons (Fsp3) is 0.333. The zero-order chi connectivity index (χ0) is 18.9. The number of benzene rings is 2. The van der Waals surface area contributed by atoms with Crippen LogP contribution in [0.15, 0.2) is 59.5 Å². The molecule has 0 aliphatic rings. The van der Waals surface area contributed by atoms with Gasteiger partial charge in [-0.1, -0.05) is 30.3 Å². The van der Waals surface area contributed by atoms with Crippen LogP contribution in [0, 0.1) is 5.92 Å². The van der Waals surface area contributed by atoms with Crippen LogP contribution in [-0.2, 0) is 14.3 Å². The molecule has 138 valence electrons. The summed E-state index contributed by atoms with van der Waals surface area (Å²) in [6.45, 7) is 1.44. The summed E-state index contributed by atoms with van der Waals surface area (Å²) >= 11 is 1.72. The number of ether oxygens (including phenoxy) is 2. The van der Waals surface area contributed by atoms with Crippen LogP contribution >= 0.6 is 11.8 Å². The quantitative estimate of drug-likeness (QED) is 0.363. The van der Waals surface area contributed by atoms with E-state index in [-0.39, 0.29) is 11.0 Å². The summed E-state index contributed by atoms with van der Waals surface area (Å²) in [6.07, 6.45) is 1.14. The molecule has 0 saturated heterocycles. The van der Waals surface area contributed by atoms with E-state index in [1.165, 1.54) is 14.0 Å². The maximum atomic E-state index is 11.9. The van der Waals surface area contributed by atoms with E-state index in [2.05, 4.69) is 12.1 Å². The Morgan fingerprint density at radius 1 is 0.962 bits per heavy atom. The number of carbonyl (C=O) groups excluding carboxylic acids is 2. The second-order valence-corrected chi connectivity index (χ2v) is 7.23. The Kier molecular flexibility index (Phi) is 7.73. The summed E-state index contributed by atoms with van der Waals surface area (Å²) in [4.78, 5) is 24.8. The highest BCUT2D eigenvalue weighted by Crippen LogP contribution is 2.40. The molecular formula is C21H24O4S. The molecule has 2 rings (SSSR count). The van der Waals surface area contributed by atoms with Gasteiger partial charge in [0.2, 0.25) is 0 Å². The third-order valence-corrected chi connectivity index (χ3v) is 5.54. The number of carbonyl (C=O) groups is 2. The molecule has 0 aromatic heterocycles. The highest BCUT2D eigenvalue weighted by Gasteiger charge is 2.26. The SMILES string of the molecule is COC(=O)C(CCC(Sc1ccccc1)c1ccc(OC)cc1)C(C)=O. The van der Waals surface area contributed by atoms with Gasteiger partial charge in [-0.25, -0.2) is 0 Å². The van der Waals surface area contributed by atoms with Gasteiger partial charge < -0.3 is 9.47 Å². The fourth-order valence-electron chi connectivity index (χ4n) is 2.72. The monoisotopic (exact) mass is 372 g/mol. The van der Waals surface area contributed by atoms with E-state index in [4.69, 9.17) is 9.47 Å². The van der Waals surface area contributed by atoms with Crippen LogP contribution < -0.4 is 4.74 Å². The Labute approximate surface area is 158 Å². The Morgan fingerprint density at radius 2 is 1.62 bits per heavy atom. The lowest BCUT2D eigenvalue weighted by atomic mass is 9.96. The van der Waals surface area contributed by atoms with Crippen molar-refractivity contribution in [2.45, 2.75) is 29.9 Å². The van der Waals surface area contributed by atoms with Gasteiger partial charge in [-0.15, -0.1) is 11.8 Å². The minimum atomic E-state index is -0.711. The molecular weight excluding hydrogens is 348 g/mol. The number of methoxy groups -OCH3 is 2. The Hall–Kier alpha value is -2.27. The zero-order valence-electron chi connectivity index (χ0n) is 15.3. The van der Waals surface area contributed by atoms with Gasteiger partial charge >= 0.3 is 5.97 Å². The molecule has 26 heavy (non-hydrogen) atoms. The van der Waals surface area contributed by atoms with Crippen molar-refractivity contribution in [3.05, 3.63) is 60.2 Å². The van der Waals surface area contributed by atoms with Gasteiger partial charge in [0, 0.05) is 10.1 Å². The minimum absolute atomic E-state index is 0.120. The van der Waals surface area contributed by atoms with Crippen molar-refractivity contribution in [3.63, 3.8) is 0 Å². The van der Waals surface area contributed by atoms with Crippen LogP contribution in [0.25, 0.3) is 0 Å². The first kappa shape index (κ1) is 20.0. The second-order valence-electron chi connectivity index (χ2n) is 5.96. The van der Waals surface area contributed by atoms with Crippen LogP contribution in [-0.4, -0.2) is 26.0 Å². The number of Topliss-reactive ketones (excluding diaryl/α,β-unsaturated/α-hetero) is 1. The van der Waals surface area contributed by atoms with Crippen molar-refractivity contribution < 1.29 is 19.1 Å². The van der Waals surface area contributed by atoms with Crippen molar-refractivity contribution >= 4 is 23.5 Å². The summed E-state index contributed by atoms with van der Waals surface area (Å²) < 4.78 is 10.0. The Morgan fingerprint density at radius 3 is 2.15 bits per heavy atom. The van der Waals surface area contributed by atoms with Crippen LogP contribution in [0.2, 0.25) is 0 Å². The molecule has 2 atom stereocenters. The van der Waals surface area contributed by atoms with Gasteiger partial charge in [-0.05, 0) is 49.6 Å². The number of esters is 1. The number of hydrogen-bond acceptors (Lipinski definition) is 5. The largest absolute Gasteiger partial charge is 0.497 e. The second kappa shape index (κ2) is 10.0. The Bertz CT molecular complexity index is 713. The van der Waals surface area contributed by atoms with E-state index in [1.54, 1.807) is 18.9 Å². The van der Waals surface area contributed by atoms with Gasteiger partial charge in [0.05, 0.1) is 14.2 Å². The number of rotatable bonds is 9. The lowest BCUT2D eigenvalue weighted by Crippen LogP contribution is -2.23. The molecule has 0 radical (unpaired) electrons. The van der Waals surface area contributed by atoms with Crippen LogP contribution in [0.5, 0.6) is 5.75 Å². The summed E-state index contributed by atoms with van der Waals surface area (Å²) in [5.74, 6) is -0.531. The minimum Gasteiger partial charge on any atom is -0.497 e. The molecule has 2 aromatic rings. The number of hydrogen-bond donors (Lipinski definition) is 0. The van der Waals surface area contributed by atoms with E-state index in [1.807, 2.05) is 42.5 Å². The molecule has 2 aromatic carbocycles. The summed E-state index contributed by atoms with van der Waals surface area (Å²) in [7, 11) is 2.96. The first-order valence-electron chi connectivity index (χ1n) is 8.49. The van der Waals surface area contributed by atoms with Gasteiger partial charge in [0.15, 0.2) is 0 Å². The smallest absolute Gasteiger partial charge is 0.316 e. The standard InChI is InChI=1S/C21H24O4S/c1-15(22)19(21(23)25-3)13-14-20(26-18-7-5-4-6-8-18)16-9-11-17(24-2)12-10-16/h4-12,19-20H,13-14H2,1-3H3. The summed E-state index contributed by atoms with van der Waals surface area (Å²) in [6, 6.07) is 18.0. The predicted octanol–water partition coefficient (Wildman–Crippen LogP) is 4.69. The maximum absolute atomic E-state index is 11.9. The van der Waals surface area contributed by atoms with E-state index >= 15 is 0 Å². The average Bonchev–Trinajstić information content (AvgIpc) is 2.67. The van der Waals surface area contributed by atoms with Crippen LogP contribution in [0.4, 0.5) is 0 Å². The van der Waals surface area contributed by atoms with Crippen molar-refractivity contribution in [1.29, 1.82) is 0 Å². The van der Waals surface area contributed by atoms with Gasteiger partial charge in [0.1, 0.15) is 17.5 Å². The highest BCUT2D eigenvalue weighted by atomic mass is 32.2. The van der Waals surface area contributed by atoms with Crippen molar-refractivity contribution in [1.82, 2.24) is 0 Å². The summed E-state index contributed by atoms with van der Waals surface area (Å²) in [5, 5.41) is 0.120. The molecule has 2 unspecified atom stereocenters. The lowest BCUT2D eigenvalue weighted by Gasteiger charge is -2.20. The first-order valence-corrected chi connectivity index (χ1v) is 9.37. The molecule has 0 saturated carbocycles. The summed E-state index contributed by atoms with van der Waals surface area (Å²) in [5.41, 5.74) is 1.13. The first-order chi connectivity index (χ1) is 12.5. The van der Waals surface area contributed by atoms with Gasteiger partial charge in [-0.3, -0.25) is 9.59 Å². The zero-order valence-corrected chi connectivity index (χ0v) is 16.1. The Balaban J connectivity index is 2.18. The predicted molar refractivity (Wildman–Crippen MR) is 103 cm³/mol. The van der Waals surface area contributed by atoms with Gasteiger partial charge in [-0.2, -0.15) is 0 Å². The molecule has 0 N–H and O–H groups in total. The lowest BCUT2D eigenvalue weighted by molar-refractivity contribution is -0.149. The third-order valence-electron chi connectivity index (χ3n) is 4.20. The van der Waals surface area contributed by atoms with E-state index in [0.29, 0.717) is 12.8 Å². The molecule has 0 spiro atoms. The third kappa shape index (κ3) is 5.63. The number of thioether (sulfide) groups is 1. The van der Waals surface area contributed by atoms with Crippen molar-refractivity contribution in [2.24, 2.45) is 5.92 Å². The van der Waals surface area contributed by atoms with E-state index in [0.717, 1.165) is 16.2 Å². The topological polar surface area (TPSA) is 52.6 Å². The van der Waals surface area contributed by atoms with Crippen LogP contribution in [0.1, 0.15) is 30.6 Å². The van der Waals surface area contributed by atoms with Crippen molar-refractivity contribution in [2.75, 3.05) is 14.2 Å². The number of ketones is 1. The normalized spacial score (nSPS) is 12.9. The van der Waals surface area contributed by atoms with Gasteiger partial charge in [0.25, 0.3) is 0 Å². The highest BCUT2D eigenvalue weighted by molar-refractivity contribution is 7.99. The van der Waals surface area contributed by atoms with Crippen molar-refractivity contribution in [3.8, 4) is 5.75 Å². The average molecular weight is 372 g/mol. The molecule has 5 heteroatoms. The van der Waals surface area contributed by atoms with Crippen LogP contribution in [0.3, 0.4) is 0 Å². The van der Waals surface area contributed by atoms with E-state index < -0.39 is 11.9 Å². The fourth-order valence-corrected chi connectivity index (χ4v) is 3.91. The molecule has 0 aliphatic carbocycles. The molecule has 4 nitrogen and oxygen atoms in total. The maximum Gasteiger partial charge on any atom is 0.316 e. The molecule has 0 fully saturated rings. The molecule has 0 bridgehead atoms. The van der Waals surface area contributed by atoms with E-state index in [9.17, 15) is 9.59 Å². The molecule has 0 aliphatic heterocycles.